The third kappa shape index (κ3) is 1.93. The third-order valence-electron chi connectivity index (χ3n) is 3.80. The Kier molecular flexibility index (Phi) is 3.04. The van der Waals surface area contributed by atoms with Crippen LogP contribution in [-0.4, -0.2) is 29.3 Å². The Morgan fingerprint density at radius 2 is 2.19 bits per heavy atom. The highest BCUT2D eigenvalue weighted by Gasteiger charge is 2.37. The van der Waals surface area contributed by atoms with E-state index in [1.165, 1.54) is 13.2 Å². The number of Topliss-reactive ketones (excluding diaryl/α,β-unsaturated/α-hetero) is 1. The van der Waals surface area contributed by atoms with E-state index in [0.29, 0.717) is 17.8 Å². The van der Waals surface area contributed by atoms with Crippen LogP contribution < -0.4 is 5.73 Å². The highest BCUT2D eigenvalue weighted by molar-refractivity contribution is 6.24. The van der Waals surface area contributed by atoms with Gasteiger partial charge in [-0.1, -0.05) is 0 Å². The summed E-state index contributed by atoms with van der Waals surface area (Å²) in [5.41, 5.74) is 7.03. The number of primary amides is 1. The maximum absolute atomic E-state index is 12.4. The number of hydrogen-bond donors (Lipinski definition) is 1. The molecule has 0 saturated heterocycles. The van der Waals surface area contributed by atoms with E-state index in [0.717, 1.165) is 18.5 Å². The topological polar surface area (TPSA) is 101 Å². The molecular formula is C14H14N2O5. The number of hydrogen-bond acceptors (Lipinski definition) is 5. The van der Waals surface area contributed by atoms with Gasteiger partial charge in [-0.05, 0) is 12.8 Å². The van der Waals surface area contributed by atoms with E-state index in [2.05, 4.69) is 0 Å². The smallest absolute Gasteiger partial charge is 0.404 e. The number of fused-ring (bicyclic) bond motifs is 3. The van der Waals surface area contributed by atoms with Crippen molar-refractivity contribution in [2.45, 2.75) is 26.0 Å². The van der Waals surface area contributed by atoms with E-state index < -0.39 is 6.09 Å². The summed E-state index contributed by atoms with van der Waals surface area (Å²) in [4.78, 5) is 35.5. The summed E-state index contributed by atoms with van der Waals surface area (Å²) in [5.74, 6) is -0.635. The van der Waals surface area contributed by atoms with Gasteiger partial charge in [0.15, 0.2) is 5.76 Å². The van der Waals surface area contributed by atoms with Crippen LogP contribution in [0.4, 0.5) is 4.79 Å². The standard InChI is InChI=1S/C14H14N2O5/c1-20-10-5-9(17)12-11(13(10)18)7(6-21-14(15)19)8-3-2-4-16(8)12/h5H,2-4,6H2,1H3,(H2,15,19). The minimum absolute atomic E-state index is 0.00269. The normalized spacial score (nSPS) is 16.3. The van der Waals surface area contributed by atoms with Gasteiger partial charge < -0.3 is 19.8 Å². The van der Waals surface area contributed by atoms with Gasteiger partial charge in [0.25, 0.3) is 0 Å². The first-order valence-electron chi connectivity index (χ1n) is 6.55. The predicted molar refractivity (Wildman–Crippen MR) is 70.9 cm³/mol. The molecule has 1 aromatic rings. The molecule has 0 unspecified atom stereocenters. The third-order valence-corrected chi connectivity index (χ3v) is 3.80. The van der Waals surface area contributed by atoms with Crippen molar-refractivity contribution in [3.05, 3.63) is 34.3 Å². The Bertz CT molecular complexity index is 699. The van der Waals surface area contributed by atoms with Crippen LogP contribution in [-0.2, 0) is 29.0 Å². The average molecular weight is 290 g/mol. The quantitative estimate of drug-likeness (QED) is 0.892. The molecule has 2 heterocycles. The SMILES string of the molecule is COC1=CC(=O)c2c(c(COC(N)=O)c3n2CCC3)C1=O. The van der Waals surface area contributed by atoms with Gasteiger partial charge in [-0.15, -0.1) is 0 Å². The fourth-order valence-electron chi connectivity index (χ4n) is 2.98. The summed E-state index contributed by atoms with van der Waals surface area (Å²) in [6, 6.07) is 0. The minimum Gasteiger partial charge on any atom is -0.492 e. The summed E-state index contributed by atoms with van der Waals surface area (Å²) in [7, 11) is 1.34. The van der Waals surface area contributed by atoms with E-state index in [9.17, 15) is 14.4 Å². The Morgan fingerprint density at radius 3 is 2.86 bits per heavy atom. The van der Waals surface area contributed by atoms with Crippen molar-refractivity contribution in [3.63, 3.8) is 0 Å². The molecule has 1 aliphatic carbocycles. The summed E-state index contributed by atoms with van der Waals surface area (Å²) in [6.07, 6.45) is 1.90. The number of allylic oxidation sites excluding steroid dienone is 2. The first-order valence-corrected chi connectivity index (χ1v) is 6.55. The molecule has 2 N–H and O–H groups in total. The Hall–Kier alpha value is -2.57. The summed E-state index contributed by atoms with van der Waals surface area (Å²) in [6.45, 7) is 0.555. The zero-order chi connectivity index (χ0) is 15.1. The van der Waals surface area contributed by atoms with E-state index in [-0.39, 0.29) is 29.5 Å². The first-order chi connectivity index (χ1) is 10.0. The number of methoxy groups -OCH3 is 1. The molecule has 0 saturated carbocycles. The average Bonchev–Trinajstić information content (AvgIpc) is 3.00. The van der Waals surface area contributed by atoms with Gasteiger partial charge in [0, 0.05) is 23.9 Å². The number of amides is 1. The largest absolute Gasteiger partial charge is 0.492 e. The second-order valence-electron chi connectivity index (χ2n) is 4.92. The molecule has 0 bridgehead atoms. The van der Waals surface area contributed by atoms with E-state index in [1.54, 1.807) is 0 Å². The van der Waals surface area contributed by atoms with E-state index in [4.69, 9.17) is 15.2 Å². The van der Waals surface area contributed by atoms with Crippen LogP contribution in [0.1, 0.15) is 38.5 Å². The Balaban J connectivity index is 2.15. The number of carbonyl (C=O) groups excluding carboxylic acids is 3. The van der Waals surface area contributed by atoms with Crippen LogP contribution >= 0.6 is 0 Å². The van der Waals surface area contributed by atoms with Crippen molar-refractivity contribution in [2.24, 2.45) is 5.73 Å². The highest BCUT2D eigenvalue weighted by atomic mass is 16.5. The molecule has 1 aromatic heterocycles. The monoisotopic (exact) mass is 290 g/mol. The van der Waals surface area contributed by atoms with E-state index in [1.807, 2.05) is 4.57 Å². The predicted octanol–water partition coefficient (Wildman–Crippen LogP) is 0.939. The number of carbonyl (C=O) groups is 3. The van der Waals surface area contributed by atoms with Crippen LogP contribution in [0.15, 0.2) is 11.8 Å². The first kappa shape index (κ1) is 13.4. The molecular weight excluding hydrogens is 276 g/mol. The van der Waals surface area contributed by atoms with Crippen LogP contribution in [0, 0.1) is 0 Å². The van der Waals surface area contributed by atoms with E-state index >= 15 is 0 Å². The van der Waals surface area contributed by atoms with Crippen LogP contribution in [0.25, 0.3) is 0 Å². The van der Waals surface area contributed by atoms with Gasteiger partial charge in [0.1, 0.15) is 12.3 Å². The highest BCUT2D eigenvalue weighted by Crippen LogP contribution is 2.34. The molecule has 0 radical (unpaired) electrons. The number of rotatable bonds is 3. The number of aromatic nitrogens is 1. The van der Waals surface area contributed by atoms with Gasteiger partial charge in [0.2, 0.25) is 11.6 Å². The maximum atomic E-state index is 12.4. The second-order valence-corrected chi connectivity index (χ2v) is 4.92. The van der Waals surface area contributed by atoms with Crippen LogP contribution in [0.2, 0.25) is 0 Å². The number of ether oxygens (including phenoxy) is 2. The van der Waals surface area contributed by atoms with Gasteiger partial charge in [0.05, 0.1) is 12.7 Å². The molecule has 0 spiro atoms. The number of nitrogens with zero attached hydrogens (tertiary/aromatic N) is 1. The number of ketones is 2. The van der Waals surface area contributed by atoms with Crippen molar-refractivity contribution in [1.82, 2.24) is 4.57 Å². The molecule has 110 valence electrons. The lowest BCUT2D eigenvalue weighted by Gasteiger charge is -2.14. The Labute approximate surface area is 120 Å². The molecule has 21 heavy (non-hydrogen) atoms. The van der Waals surface area contributed by atoms with Gasteiger partial charge in [-0.3, -0.25) is 9.59 Å². The van der Waals surface area contributed by atoms with Gasteiger partial charge in [-0.2, -0.15) is 0 Å². The maximum Gasteiger partial charge on any atom is 0.404 e. The molecule has 1 aliphatic heterocycles. The lowest BCUT2D eigenvalue weighted by molar-refractivity contribution is 0.0910. The lowest BCUT2D eigenvalue weighted by atomic mass is 9.95. The molecule has 0 fully saturated rings. The fraction of sp³-hybridized carbons (Fsp3) is 0.357. The number of nitrogens with two attached hydrogens (primary N) is 1. The lowest BCUT2D eigenvalue weighted by Crippen LogP contribution is -2.21. The minimum atomic E-state index is -0.918. The molecule has 2 aliphatic rings. The van der Waals surface area contributed by atoms with Crippen molar-refractivity contribution in [1.29, 1.82) is 0 Å². The van der Waals surface area contributed by atoms with Crippen molar-refractivity contribution in [3.8, 4) is 0 Å². The molecule has 0 atom stereocenters. The van der Waals surface area contributed by atoms with Gasteiger partial charge >= 0.3 is 6.09 Å². The van der Waals surface area contributed by atoms with Crippen molar-refractivity contribution < 1.29 is 23.9 Å². The van der Waals surface area contributed by atoms with Crippen molar-refractivity contribution in [2.75, 3.05) is 7.11 Å². The van der Waals surface area contributed by atoms with Gasteiger partial charge in [-0.25, -0.2) is 4.79 Å². The molecule has 7 heteroatoms. The summed E-state index contributed by atoms with van der Waals surface area (Å²) < 4.78 is 11.6. The molecule has 0 aromatic carbocycles. The zero-order valence-electron chi connectivity index (χ0n) is 11.5. The second kappa shape index (κ2) is 4.76. The van der Waals surface area contributed by atoms with Crippen molar-refractivity contribution >= 4 is 17.7 Å². The summed E-state index contributed by atoms with van der Waals surface area (Å²) in [5, 5.41) is 0. The Morgan fingerprint density at radius 1 is 1.43 bits per heavy atom. The van der Waals surface area contributed by atoms with Crippen LogP contribution in [0.3, 0.4) is 0 Å². The fourth-order valence-corrected chi connectivity index (χ4v) is 2.98. The van der Waals surface area contributed by atoms with Crippen LogP contribution in [0.5, 0.6) is 0 Å². The summed E-state index contributed by atoms with van der Waals surface area (Å²) >= 11 is 0. The molecule has 1 amide bonds. The molecule has 3 rings (SSSR count). The zero-order valence-corrected chi connectivity index (χ0v) is 11.5. The molecule has 7 nitrogen and oxygen atoms in total.